The number of para-hydroxylation sites is 1. The largest absolute Gasteiger partial charge is 0.324 e. The second-order valence-electron chi connectivity index (χ2n) is 4.54. The Bertz CT molecular complexity index is 663. The van der Waals surface area contributed by atoms with Crippen LogP contribution in [-0.2, 0) is 20.4 Å². The van der Waals surface area contributed by atoms with Gasteiger partial charge in [-0.15, -0.1) is 0 Å². The predicted octanol–water partition coefficient (Wildman–Crippen LogP) is 7.54. The maximum atomic E-state index is 9.87. The van der Waals surface area contributed by atoms with E-state index in [1.165, 1.54) is 5.69 Å². The molecule has 2 aromatic carbocycles. The Morgan fingerprint density at radius 2 is 0.800 bits per heavy atom. The monoisotopic (exact) mass is 553 g/mol. The summed E-state index contributed by atoms with van der Waals surface area (Å²) in [6.07, 6.45) is 4.07. The molecule has 0 N–H and O–H groups in total. The van der Waals surface area contributed by atoms with Crippen LogP contribution < -0.4 is 0 Å². The van der Waals surface area contributed by atoms with E-state index in [9.17, 15) is 25.2 Å². The summed E-state index contributed by atoms with van der Waals surface area (Å²) in [5.41, 5.74) is 1.21. The number of hydrogen-bond acceptors (Lipinski definition) is 0. The van der Waals surface area contributed by atoms with E-state index in [2.05, 4.69) is 16.7 Å². The Hall–Kier alpha value is -1.61. The summed E-state index contributed by atoms with van der Waals surface area (Å²) in [5, 5.41) is 0. The minimum atomic E-state index is -10.7. The number of rotatable bonds is 1. The van der Waals surface area contributed by atoms with Gasteiger partial charge >= 0.3 is 33.0 Å². The van der Waals surface area contributed by atoms with Crippen molar-refractivity contribution < 1.29 is 45.6 Å². The first-order valence-corrected chi connectivity index (χ1v) is 8.69. The van der Waals surface area contributed by atoms with Crippen LogP contribution in [0.2, 0.25) is 0 Å². The molecule has 0 saturated carbocycles. The summed E-state index contributed by atoms with van der Waals surface area (Å²) < 4.78 is 61.3. The molecule has 0 fully saturated rings. The van der Waals surface area contributed by atoms with E-state index in [4.69, 9.17) is 0 Å². The summed E-state index contributed by atoms with van der Waals surface area (Å²) >= 11 is 0. The summed E-state index contributed by atoms with van der Waals surface area (Å²) in [5.74, 6) is 0. The summed E-state index contributed by atoms with van der Waals surface area (Å²) in [6, 6.07) is 26.3. The molecule has 139 valence electrons. The minimum absolute atomic E-state index is 0. The molecule has 0 aliphatic carbocycles. The standard InChI is InChI=1S/C10H9N.C6H6.F6P.Re/c1-2-6-10(7-3-1)11-8-4-5-9-11;1-2-4-6-5-3-1;1-7(2,3,4,5)6;/h1-9H;1-6H;;/q;;-1;. The molecule has 1 aromatic heterocycles. The number of hydrogen-bond donors (Lipinski definition) is 0. The fourth-order valence-electron chi connectivity index (χ4n) is 1.49. The van der Waals surface area contributed by atoms with Gasteiger partial charge in [0.05, 0.1) is 0 Å². The normalized spacial score (nSPS) is 12.7. The van der Waals surface area contributed by atoms with Gasteiger partial charge in [0, 0.05) is 38.5 Å². The second-order valence-corrected chi connectivity index (χ2v) is 6.46. The first-order valence-electron chi connectivity index (χ1n) is 6.66. The maximum absolute atomic E-state index is 10.7. The fourth-order valence-corrected chi connectivity index (χ4v) is 1.49. The minimum Gasteiger partial charge on any atom is -0.324 e. The van der Waals surface area contributed by atoms with Crippen molar-refractivity contribution in [2.75, 3.05) is 0 Å². The van der Waals surface area contributed by atoms with E-state index in [1.807, 2.05) is 79.1 Å². The van der Waals surface area contributed by atoms with Crippen LogP contribution in [0.1, 0.15) is 0 Å². The van der Waals surface area contributed by atoms with Crippen LogP contribution in [0, 0.1) is 0 Å². The van der Waals surface area contributed by atoms with Crippen LogP contribution in [0.3, 0.4) is 0 Å². The molecule has 3 rings (SSSR count). The molecule has 0 aliphatic heterocycles. The van der Waals surface area contributed by atoms with Crippen molar-refractivity contribution >= 4 is 7.81 Å². The smallest absolute Gasteiger partial charge is 0.0449 e. The fraction of sp³-hybridized carbons (Fsp3) is 0. The van der Waals surface area contributed by atoms with Gasteiger partial charge in [0.15, 0.2) is 0 Å². The molecule has 1 nitrogen and oxygen atoms in total. The molecular formula is C16H15F6NPRe-. The molecule has 25 heavy (non-hydrogen) atoms. The zero-order valence-corrected chi connectivity index (χ0v) is 16.3. The van der Waals surface area contributed by atoms with Gasteiger partial charge in [-0.1, -0.05) is 54.6 Å². The van der Waals surface area contributed by atoms with Crippen molar-refractivity contribution in [1.29, 1.82) is 0 Å². The first kappa shape index (κ1) is 23.4. The Morgan fingerprint density at radius 1 is 0.520 bits per heavy atom. The first-order chi connectivity index (χ1) is 10.9. The number of aromatic nitrogens is 1. The summed E-state index contributed by atoms with van der Waals surface area (Å²) in [4.78, 5) is 0. The third-order valence-corrected chi connectivity index (χ3v) is 2.33. The molecule has 0 amide bonds. The molecule has 9 heteroatoms. The van der Waals surface area contributed by atoms with E-state index in [1.54, 1.807) is 0 Å². The topological polar surface area (TPSA) is 4.93 Å². The van der Waals surface area contributed by atoms with Gasteiger partial charge in [-0.3, -0.25) is 0 Å². The van der Waals surface area contributed by atoms with Gasteiger partial charge in [-0.2, -0.15) is 0 Å². The van der Waals surface area contributed by atoms with E-state index >= 15 is 0 Å². The summed E-state index contributed by atoms with van der Waals surface area (Å²) in [7, 11) is -10.7. The second kappa shape index (κ2) is 8.66. The van der Waals surface area contributed by atoms with Crippen molar-refractivity contribution in [2.24, 2.45) is 0 Å². The van der Waals surface area contributed by atoms with Crippen LogP contribution in [0.15, 0.2) is 91.3 Å². The van der Waals surface area contributed by atoms with Crippen LogP contribution in [0.25, 0.3) is 5.69 Å². The van der Waals surface area contributed by atoms with Gasteiger partial charge in [-0.25, -0.2) is 0 Å². The molecule has 0 aliphatic rings. The molecule has 3 aromatic rings. The van der Waals surface area contributed by atoms with Crippen LogP contribution in [0.5, 0.6) is 0 Å². The SMILES string of the molecule is F[P-](F)(F)(F)(F)F.[Re].c1ccc(-n2cccc2)cc1.c1ccccc1. The Labute approximate surface area is 155 Å². The predicted molar refractivity (Wildman–Crippen MR) is 85.8 cm³/mol. The summed E-state index contributed by atoms with van der Waals surface area (Å²) in [6.45, 7) is 0. The van der Waals surface area contributed by atoms with Crippen molar-refractivity contribution in [1.82, 2.24) is 4.57 Å². The zero-order chi connectivity index (χ0) is 18.2. The van der Waals surface area contributed by atoms with Gasteiger partial charge in [0.1, 0.15) is 0 Å². The number of benzene rings is 2. The van der Waals surface area contributed by atoms with Gasteiger partial charge in [0.2, 0.25) is 0 Å². The molecule has 1 heterocycles. The molecule has 0 spiro atoms. The van der Waals surface area contributed by atoms with Gasteiger partial charge in [-0.05, 0) is 24.3 Å². The average molecular weight is 552 g/mol. The average Bonchev–Trinajstić information content (AvgIpc) is 3.02. The van der Waals surface area contributed by atoms with E-state index < -0.39 is 7.81 Å². The van der Waals surface area contributed by atoms with Crippen LogP contribution in [-0.4, -0.2) is 4.57 Å². The quantitative estimate of drug-likeness (QED) is 0.217. The third-order valence-electron chi connectivity index (χ3n) is 2.33. The molecule has 0 bridgehead atoms. The molecular weight excluding hydrogens is 537 g/mol. The third kappa shape index (κ3) is 17.0. The Balaban J connectivity index is 0.000000362. The zero-order valence-electron chi connectivity index (χ0n) is 12.7. The van der Waals surface area contributed by atoms with E-state index in [0.717, 1.165) is 0 Å². The van der Waals surface area contributed by atoms with Gasteiger partial charge in [0.25, 0.3) is 0 Å². The van der Waals surface area contributed by atoms with Crippen molar-refractivity contribution in [3.05, 3.63) is 91.3 Å². The Kier molecular flexibility index (Phi) is 8.11. The van der Waals surface area contributed by atoms with Crippen molar-refractivity contribution in [3.8, 4) is 5.69 Å². The molecule has 0 unspecified atom stereocenters. The van der Waals surface area contributed by atoms with Crippen LogP contribution >= 0.6 is 7.81 Å². The van der Waals surface area contributed by atoms with Crippen LogP contribution in [0.4, 0.5) is 25.2 Å². The van der Waals surface area contributed by atoms with Gasteiger partial charge < -0.3 is 4.57 Å². The van der Waals surface area contributed by atoms with Crippen molar-refractivity contribution in [3.63, 3.8) is 0 Å². The van der Waals surface area contributed by atoms with E-state index in [0.29, 0.717) is 0 Å². The Morgan fingerprint density at radius 3 is 1.12 bits per heavy atom. The molecule has 0 saturated heterocycles. The number of halogens is 6. The van der Waals surface area contributed by atoms with Crippen molar-refractivity contribution in [2.45, 2.75) is 0 Å². The van der Waals surface area contributed by atoms with E-state index in [-0.39, 0.29) is 20.4 Å². The number of nitrogens with zero attached hydrogens (tertiary/aromatic N) is 1. The maximum Gasteiger partial charge on any atom is 0.0449 e. The molecule has 1 radical (unpaired) electrons. The molecule has 0 atom stereocenters.